The number of ether oxygens (including phenoxy) is 2. The van der Waals surface area contributed by atoms with Gasteiger partial charge >= 0.3 is 12.2 Å². The van der Waals surface area contributed by atoms with Gasteiger partial charge in [0.2, 0.25) is 5.91 Å². The van der Waals surface area contributed by atoms with E-state index in [0.29, 0.717) is 18.7 Å². The fraction of sp³-hybridized carbons (Fsp3) is 0.486. The smallest absolute Gasteiger partial charge is 0.389 e. The van der Waals surface area contributed by atoms with Crippen LogP contribution in [-0.4, -0.2) is 90.5 Å². The number of carbonyl (C=O) groups excluding carboxylic acids is 3. The summed E-state index contributed by atoms with van der Waals surface area (Å²) in [6.07, 6.45) is -5.14. The van der Waals surface area contributed by atoms with Crippen molar-refractivity contribution in [1.29, 1.82) is 0 Å². The molecule has 13 heteroatoms. The van der Waals surface area contributed by atoms with Crippen LogP contribution in [0.5, 0.6) is 5.75 Å². The van der Waals surface area contributed by atoms with Gasteiger partial charge in [-0.15, -0.1) is 0 Å². The number of aliphatic hydroxyl groups is 1. The molecule has 3 aromatic carbocycles. The van der Waals surface area contributed by atoms with Gasteiger partial charge in [0.1, 0.15) is 5.75 Å². The first-order valence-corrected chi connectivity index (χ1v) is 17.0. The Kier molecular flexibility index (Phi) is 13.5. The van der Waals surface area contributed by atoms with Crippen LogP contribution in [0.4, 0.5) is 29.3 Å². The Morgan fingerprint density at radius 1 is 1.06 bits per heavy atom. The number of likely N-dealkylation sites (N-methyl/N-ethyl adjacent to an activating group) is 1. The van der Waals surface area contributed by atoms with Crippen molar-refractivity contribution in [3.63, 3.8) is 0 Å². The molecule has 0 aliphatic carbocycles. The molecule has 0 bridgehead atoms. The fourth-order valence-electron chi connectivity index (χ4n) is 5.84. The molecule has 1 aliphatic heterocycles. The minimum atomic E-state index is -4.48. The van der Waals surface area contributed by atoms with E-state index in [1.807, 2.05) is 56.3 Å². The summed E-state index contributed by atoms with van der Waals surface area (Å²) in [6.45, 7) is 5.91. The van der Waals surface area contributed by atoms with Gasteiger partial charge in [-0.3, -0.25) is 9.59 Å². The number of nitrogens with one attached hydrogen (secondary N) is 2. The quantitative estimate of drug-likeness (QED) is 0.231. The summed E-state index contributed by atoms with van der Waals surface area (Å²) in [7, 11) is 1.68. The number of aliphatic hydroxyl groups excluding tert-OH is 1. The number of amides is 4. The number of fused-ring (bicyclic) bond motifs is 2. The highest BCUT2D eigenvalue weighted by Gasteiger charge is 2.32. The summed E-state index contributed by atoms with van der Waals surface area (Å²) < 4.78 is 50.6. The zero-order valence-electron chi connectivity index (χ0n) is 29.0. The maximum absolute atomic E-state index is 14.3. The summed E-state index contributed by atoms with van der Waals surface area (Å²) >= 11 is 0. The third-order valence-electron chi connectivity index (χ3n) is 8.80. The van der Waals surface area contributed by atoms with Crippen LogP contribution in [0.3, 0.4) is 0 Å². The number of benzene rings is 3. The van der Waals surface area contributed by atoms with E-state index < -0.39 is 43.0 Å². The SMILES string of the molecule is C[C@H]1CCCCO[C@H](CN(C)C(=O)Nc2cccc3ccccc23)[C@@H](C)CN([C@@H](C)CO)C(=O)c2cc(NC(=O)CCC(F)(F)F)ccc2O1. The molecule has 0 saturated carbocycles. The molecule has 0 aromatic heterocycles. The van der Waals surface area contributed by atoms with E-state index in [1.165, 1.54) is 23.1 Å². The summed E-state index contributed by atoms with van der Waals surface area (Å²) in [5, 5.41) is 17.5. The number of nitrogens with zero attached hydrogens (tertiary/aromatic N) is 2. The van der Waals surface area contributed by atoms with Crippen molar-refractivity contribution in [3.05, 3.63) is 66.2 Å². The van der Waals surface area contributed by atoms with Crippen LogP contribution in [0.2, 0.25) is 0 Å². The van der Waals surface area contributed by atoms with Crippen molar-refractivity contribution in [1.82, 2.24) is 9.80 Å². The molecule has 0 radical (unpaired) electrons. The Labute approximate surface area is 290 Å². The van der Waals surface area contributed by atoms with Gasteiger partial charge in [-0.25, -0.2) is 4.79 Å². The Morgan fingerprint density at radius 3 is 2.54 bits per heavy atom. The van der Waals surface area contributed by atoms with Crippen LogP contribution in [0.1, 0.15) is 63.2 Å². The van der Waals surface area contributed by atoms with E-state index in [2.05, 4.69) is 10.6 Å². The van der Waals surface area contributed by atoms with Crippen molar-refractivity contribution < 1.29 is 42.1 Å². The predicted octanol–water partition coefficient (Wildman–Crippen LogP) is 7.08. The molecule has 4 amide bonds. The highest BCUT2D eigenvalue weighted by molar-refractivity contribution is 6.02. The van der Waals surface area contributed by atoms with Gasteiger partial charge in [0.15, 0.2) is 0 Å². The maximum atomic E-state index is 14.3. The molecule has 0 saturated heterocycles. The molecule has 0 unspecified atom stereocenters. The normalized spacial score (nSPS) is 19.9. The molecule has 3 aromatic rings. The molecule has 3 N–H and O–H groups in total. The second kappa shape index (κ2) is 17.5. The molecule has 1 heterocycles. The molecule has 1 aliphatic rings. The number of urea groups is 1. The van der Waals surface area contributed by atoms with Gasteiger partial charge in [-0.05, 0) is 62.8 Å². The van der Waals surface area contributed by atoms with E-state index >= 15 is 0 Å². The number of hydrogen-bond donors (Lipinski definition) is 3. The van der Waals surface area contributed by atoms with Crippen molar-refractivity contribution in [2.45, 2.75) is 77.3 Å². The number of rotatable bonds is 8. The average Bonchev–Trinajstić information content (AvgIpc) is 3.08. The lowest BCUT2D eigenvalue weighted by atomic mass is 10.0. The lowest BCUT2D eigenvalue weighted by molar-refractivity contribution is -0.142. The average molecular weight is 701 g/mol. The van der Waals surface area contributed by atoms with Crippen LogP contribution >= 0.6 is 0 Å². The molecule has 50 heavy (non-hydrogen) atoms. The molecule has 4 rings (SSSR count). The van der Waals surface area contributed by atoms with Crippen molar-refractivity contribution in [3.8, 4) is 5.75 Å². The second-order valence-electron chi connectivity index (χ2n) is 13.0. The minimum absolute atomic E-state index is 0.0964. The lowest BCUT2D eigenvalue weighted by Gasteiger charge is -2.35. The van der Waals surface area contributed by atoms with E-state index in [9.17, 15) is 32.7 Å². The van der Waals surface area contributed by atoms with Crippen LogP contribution in [0, 0.1) is 5.92 Å². The molecular weight excluding hydrogens is 653 g/mol. The van der Waals surface area contributed by atoms with Gasteiger partial charge in [0, 0.05) is 50.2 Å². The minimum Gasteiger partial charge on any atom is -0.490 e. The molecule has 0 spiro atoms. The lowest BCUT2D eigenvalue weighted by Crippen LogP contribution is -2.48. The topological polar surface area (TPSA) is 120 Å². The highest BCUT2D eigenvalue weighted by atomic mass is 19.4. The fourth-order valence-corrected chi connectivity index (χ4v) is 5.84. The van der Waals surface area contributed by atoms with Crippen molar-refractivity contribution in [2.24, 2.45) is 5.92 Å². The molecular formula is C37H47F3N4O6. The molecule has 272 valence electrons. The monoisotopic (exact) mass is 700 g/mol. The van der Waals surface area contributed by atoms with Gasteiger partial charge in [-0.1, -0.05) is 43.3 Å². The van der Waals surface area contributed by atoms with Crippen molar-refractivity contribution >= 4 is 40.0 Å². The summed E-state index contributed by atoms with van der Waals surface area (Å²) in [4.78, 5) is 43.0. The largest absolute Gasteiger partial charge is 0.490 e. The van der Waals surface area contributed by atoms with E-state index in [-0.39, 0.29) is 54.7 Å². The number of alkyl halides is 3. The second-order valence-corrected chi connectivity index (χ2v) is 13.0. The number of halogens is 3. The third kappa shape index (κ3) is 10.8. The van der Waals surface area contributed by atoms with Gasteiger partial charge in [0.05, 0.1) is 42.5 Å². The third-order valence-corrected chi connectivity index (χ3v) is 8.80. The van der Waals surface area contributed by atoms with Crippen molar-refractivity contribution in [2.75, 3.05) is 44.0 Å². The standard InChI is InChI=1S/C37H47F3N4O6/c1-24-21-44(25(2)23-45)35(47)30-20-28(41-34(46)17-18-37(38,39)40)15-16-32(30)50-26(3)10-7-8-19-49-33(24)22-43(4)36(48)42-31-14-9-12-27-11-5-6-13-29(27)31/h5-6,9,11-16,20,24-26,33,45H,7-8,10,17-19,21-23H2,1-4H3,(H,41,46)(H,42,48)/t24-,25-,26-,33+/m0/s1. The van der Waals surface area contributed by atoms with E-state index in [4.69, 9.17) is 9.47 Å². The zero-order chi connectivity index (χ0) is 36.4. The molecule has 4 atom stereocenters. The maximum Gasteiger partial charge on any atom is 0.389 e. The first-order valence-electron chi connectivity index (χ1n) is 17.0. The Balaban J connectivity index is 1.57. The van der Waals surface area contributed by atoms with E-state index in [0.717, 1.165) is 23.6 Å². The Bertz CT molecular complexity index is 1610. The highest BCUT2D eigenvalue weighted by Crippen LogP contribution is 2.29. The van der Waals surface area contributed by atoms with E-state index in [1.54, 1.807) is 18.9 Å². The van der Waals surface area contributed by atoms with Crippen LogP contribution < -0.4 is 15.4 Å². The van der Waals surface area contributed by atoms with Crippen LogP contribution in [0.15, 0.2) is 60.7 Å². The van der Waals surface area contributed by atoms with Gasteiger partial charge < -0.3 is 35.0 Å². The Hall–Kier alpha value is -4.36. The first kappa shape index (κ1) is 38.4. The molecule has 10 nitrogen and oxygen atoms in total. The predicted molar refractivity (Wildman–Crippen MR) is 186 cm³/mol. The molecule has 0 fully saturated rings. The summed E-state index contributed by atoms with van der Waals surface area (Å²) in [6, 6.07) is 16.9. The summed E-state index contributed by atoms with van der Waals surface area (Å²) in [5.41, 5.74) is 0.921. The Morgan fingerprint density at radius 2 is 1.80 bits per heavy atom. The number of hydrogen-bond acceptors (Lipinski definition) is 6. The summed E-state index contributed by atoms with van der Waals surface area (Å²) in [5.74, 6) is -1.39. The van der Waals surface area contributed by atoms with Gasteiger partial charge in [-0.2, -0.15) is 13.2 Å². The zero-order valence-corrected chi connectivity index (χ0v) is 29.0. The first-order chi connectivity index (χ1) is 23.8. The van der Waals surface area contributed by atoms with Crippen LogP contribution in [0.25, 0.3) is 10.8 Å². The van der Waals surface area contributed by atoms with Gasteiger partial charge in [0.25, 0.3) is 5.91 Å². The number of carbonyl (C=O) groups is 3. The number of anilines is 2. The van der Waals surface area contributed by atoms with Crippen LogP contribution in [-0.2, 0) is 9.53 Å².